The predicted molar refractivity (Wildman–Crippen MR) is 125 cm³/mol. The Bertz CT molecular complexity index is 1280. The summed E-state index contributed by atoms with van der Waals surface area (Å²) < 4.78 is 5.32. The van der Waals surface area contributed by atoms with Gasteiger partial charge in [0, 0.05) is 23.2 Å². The summed E-state index contributed by atoms with van der Waals surface area (Å²) in [5.41, 5.74) is 4.67. The molecule has 0 spiro atoms. The van der Waals surface area contributed by atoms with E-state index in [1.807, 2.05) is 12.1 Å². The molecule has 1 aliphatic carbocycles. The van der Waals surface area contributed by atoms with Crippen LogP contribution >= 0.6 is 11.6 Å². The van der Waals surface area contributed by atoms with Crippen LogP contribution in [0.25, 0.3) is 16.3 Å². The van der Waals surface area contributed by atoms with Gasteiger partial charge < -0.3 is 15.2 Å². The van der Waals surface area contributed by atoms with E-state index in [2.05, 4.69) is 43.4 Å². The first-order valence-electron chi connectivity index (χ1n) is 10.4. The standard InChI is InChI=1S/C26H24ClNO3/c1-26(2)12-17-22-16-7-5-4-6-14(16)8-9-19(22)28-24(23(17)20(29)13-26)15-10-18(27)25(30)21(11-15)31-3/h4-11,24,28,30H,12-13H2,1-3H3. The number of ether oxygens (including phenoxy) is 1. The third kappa shape index (κ3) is 3.17. The highest BCUT2D eigenvalue weighted by molar-refractivity contribution is 6.32. The quantitative estimate of drug-likeness (QED) is 0.483. The van der Waals surface area contributed by atoms with Crippen LogP contribution in [0.3, 0.4) is 0 Å². The van der Waals surface area contributed by atoms with E-state index in [9.17, 15) is 9.90 Å². The number of hydrogen-bond donors (Lipinski definition) is 2. The van der Waals surface area contributed by atoms with Gasteiger partial charge in [0.05, 0.1) is 18.2 Å². The number of hydrogen-bond acceptors (Lipinski definition) is 4. The van der Waals surface area contributed by atoms with Crippen molar-refractivity contribution in [3.8, 4) is 11.5 Å². The first-order chi connectivity index (χ1) is 14.8. The fraction of sp³-hybridized carbons (Fsp3) is 0.269. The molecule has 5 heteroatoms. The number of halogens is 1. The molecule has 0 saturated heterocycles. The van der Waals surface area contributed by atoms with Crippen LogP contribution in [0.2, 0.25) is 5.02 Å². The van der Waals surface area contributed by atoms with Crippen molar-refractivity contribution in [1.29, 1.82) is 0 Å². The number of phenolic OH excluding ortho intramolecular Hbond substituents is 1. The van der Waals surface area contributed by atoms with Crippen LogP contribution in [0, 0.1) is 5.41 Å². The van der Waals surface area contributed by atoms with Gasteiger partial charge in [-0.1, -0.05) is 55.8 Å². The van der Waals surface area contributed by atoms with Crippen LogP contribution in [-0.2, 0) is 4.79 Å². The van der Waals surface area contributed by atoms with Crippen molar-refractivity contribution in [2.75, 3.05) is 12.4 Å². The van der Waals surface area contributed by atoms with E-state index in [-0.39, 0.29) is 28.0 Å². The zero-order valence-electron chi connectivity index (χ0n) is 17.8. The summed E-state index contributed by atoms with van der Waals surface area (Å²) in [6.45, 7) is 4.30. The number of anilines is 1. The second kappa shape index (κ2) is 7.03. The van der Waals surface area contributed by atoms with Crippen molar-refractivity contribution in [2.45, 2.75) is 32.7 Å². The second-order valence-electron chi connectivity index (χ2n) is 9.17. The summed E-state index contributed by atoms with van der Waals surface area (Å²) in [6, 6.07) is 15.6. The molecule has 0 bridgehead atoms. The summed E-state index contributed by atoms with van der Waals surface area (Å²) in [5.74, 6) is 0.338. The lowest BCUT2D eigenvalue weighted by atomic mass is 9.68. The number of nitrogens with one attached hydrogen (secondary N) is 1. The minimum atomic E-state index is -0.362. The SMILES string of the molecule is COc1cc(C2Nc3ccc4ccccc4c3C3=C2C(=O)CC(C)(C)C3)cc(Cl)c1O. The molecule has 1 heterocycles. The largest absolute Gasteiger partial charge is 0.503 e. The third-order valence-electron chi connectivity index (χ3n) is 6.34. The van der Waals surface area contributed by atoms with Crippen molar-refractivity contribution < 1.29 is 14.6 Å². The predicted octanol–water partition coefficient (Wildman–Crippen LogP) is 6.52. The Kier molecular flexibility index (Phi) is 4.52. The molecule has 0 amide bonds. The number of rotatable bonds is 2. The van der Waals surface area contributed by atoms with Gasteiger partial charge in [-0.15, -0.1) is 0 Å². The van der Waals surface area contributed by atoms with Gasteiger partial charge in [-0.25, -0.2) is 0 Å². The van der Waals surface area contributed by atoms with Gasteiger partial charge in [0.15, 0.2) is 17.3 Å². The molecular formula is C26H24ClNO3. The molecule has 2 N–H and O–H groups in total. The van der Waals surface area contributed by atoms with E-state index in [0.717, 1.165) is 45.2 Å². The van der Waals surface area contributed by atoms with Gasteiger partial charge >= 0.3 is 0 Å². The number of fused-ring (bicyclic) bond motifs is 4. The van der Waals surface area contributed by atoms with Crippen molar-refractivity contribution in [1.82, 2.24) is 0 Å². The van der Waals surface area contributed by atoms with Gasteiger partial charge in [0.2, 0.25) is 0 Å². The Morgan fingerprint density at radius 3 is 2.68 bits per heavy atom. The lowest BCUT2D eigenvalue weighted by Gasteiger charge is -2.40. The van der Waals surface area contributed by atoms with E-state index in [1.165, 1.54) is 7.11 Å². The van der Waals surface area contributed by atoms with Crippen LogP contribution in [0.15, 0.2) is 54.1 Å². The lowest BCUT2D eigenvalue weighted by molar-refractivity contribution is -0.118. The van der Waals surface area contributed by atoms with E-state index < -0.39 is 0 Å². The second-order valence-corrected chi connectivity index (χ2v) is 9.58. The van der Waals surface area contributed by atoms with Crippen LogP contribution < -0.4 is 10.1 Å². The van der Waals surface area contributed by atoms with Crippen molar-refractivity contribution in [3.05, 3.63) is 70.3 Å². The third-order valence-corrected chi connectivity index (χ3v) is 6.63. The highest BCUT2D eigenvalue weighted by Gasteiger charge is 2.41. The van der Waals surface area contributed by atoms with Gasteiger partial charge in [-0.2, -0.15) is 0 Å². The molecule has 2 aliphatic rings. The number of allylic oxidation sites excluding steroid dienone is 1. The fourth-order valence-electron chi connectivity index (χ4n) is 5.00. The van der Waals surface area contributed by atoms with E-state index >= 15 is 0 Å². The molecule has 0 aromatic heterocycles. The van der Waals surface area contributed by atoms with Gasteiger partial charge in [0.25, 0.3) is 0 Å². The summed E-state index contributed by atoms with van der Waals surface area (Å²) >= 11 is 6.29. The maximum Gasteiger partial charge on any atom is 0.176 e. The topological polar surface area (TPSA) is 58.6 Å². The smallest absolute Gasteiger partial charge is 0.176 e. The van der Waals surface area contributed by atoms with E-state index in [0.29, 0.717) is 12.2 Å². The number of ketones is 1. The molecule has 5 rings (SSSR count). The molecule has 1 aliphatic heterocycles. The minimum absolute atomic E-state index is 0.0968. The van der Waals surface area contributed by atoms with Crippen LogP contribution in [-0.4, -0.2) is 18.0 Å². The normalized spacial score (nSPS) is 19.6. The van der Waals surface area contributed by atoms with E-state index in [1.54, 1.807) is 12.1 Å². The molecule has 1 atom stereocenters. The zero-order valence-corrected chi connectivity index (χ0v) is 18.5. The Balaban J connectivity index is 1.79. The lowest BCUT2D eigenvalue weighted by Crippen LogP contribution is -2.33. The Labute approximate surface area is 186 Å². The number of carbonyl (C=O) groups is 1. The zero-order chi connectivity index (χ0) is 21.9. The van der Waals surface area contributed by atoms with Crippen molar-refractivity contribution in [2.24, 2.45) is 5.41 Å². The number of phenols is 1. The first-order valence-corrected chi connectivity index (χ1v) is 10.8. The van der Waals surface area contributed by atoms with E-state index in [4.69, 9.17) is 16.3 Å². The van der Waals surface area contributed by atoms with Gasteiger partial charge in [-0.3, -0.25) is 4.79 Å². The van der Waals surface area contributed by atoms with Gasteiger partial charge in [-0.05, 0) is 51.9 Å². The molecule has 0 fully saturated rings. The molecule has 3 aromatic rings. The molecule has 158 valence electrons. The Hall–Kier alpha value is -2.98. The summed E-state index contributed by atoms with van der Waals surface area (Å²) in [6.07, 6.45) is 1.31. The maximum absolute atomic E-state index is 13.5. The molecule has 3 aromatic carbocycles. The molecule has 4 nitrogen and oxygen atoms in total. The molecule has 31 heavy (non-hydrogen) atoms. The summed E-state index contributed by atoms with van der Waals surface area (Å²) in [4.78, 5) is 13.5. The highest BCUT2D eigenvalue weighted by Crippen LogP contribution is 2.52. The van der Waals surface area contributed by atoms with Crippen molar-refractivity contribution in [3.63, 3.8) is 0 Å². The average molecular weight is 434 g/mol. The van der Waals surface area contributed by atoms with Crippen LogP contribution in [0.5, 0.6) is 11.5 Å². The highest BCUT2D eigenvalue weighted by atomic mass is 35.5. The molecular weight excluding hydrogens is 410 g/mol. The number of Topliss-reactive ketones (excluding diaryl/α,β-unsaturated/α-hetero) is 1. The summed E-state index contributed by atoms with van der Waals surface area (Å²) in [5, 5.41) is 16.3. The number of methoxy groups -OCH3 is 1. The molecule has 1 unspecified atom stereocenters. The van der Waals surface area contributed by atoms with Crippen molar-refractivity contribution >= 4 is 39.4 Å². The van der Waals surface area contributed by atoms with Gasteiger partial charge in [0.1, 0.15) is 0 Å². The monoisotopic (exact) mass is 433 g/mol. The first kappa shape index (κ1) is 20.0. The number of benzene rings is 3. The maximum atomic E-state index is 13.5. The minimum Gasteiger partial charge on any atom is -0.503 e. The summed E-state index contributed by atoms with van der Waals surface area (Å²) in [7, 11) is 1.49. The molecule has 0 saturated carbocycles. The van der Waals surface area contributed by atoms with Crippen LogP contribution in [0.1, 0.15) is 43.9 Å². The van der Waals surface area contributed by atoms with Crippen LogP contribution in [0.4, 0.5) is 5.69 Å². The molecule has 0 radical (unpaired) electrons. The Morgan fingerprint density at radius 2 is 1.90 bits per heavy atom. The Morgan fingerprint density at radius 1 is 1.13 bits per heavy atom. The number of aromatic hydroxyl groups is 1. The average Bonchev–Trinajstić information content (AvgIpc) is 2.73. The fourth-order valence-corrected chi connectivity index (χ4v) is 5.22. The number of carbonyl (C=O) groups excluding carboxylic acids is 1.